The lowest BCUT2D eigenvalue weighted by Crippen LogP contribution is -2.41. The summed E-state index contributed by atoms with van der Waals surface area (Å²) in [6.45, 7) is 8.55. The van der Waals surface area contributed by atoms with Crippen LogP contribution in [-0.4, -0.2) is 28.1 Å². The van der Waals surface area contributed by atoms with Crippen LogP contribution in [0.3, 0.4) is 0 Å². The van der Waals surface area contributed by atoms with Gasteiger partial charge in [-0.2, -0.15) is 5.10 Å². The standard InChI is InChI=1S/C16H19BClFN2O2/c1-15(2)16(3,4)23-17(22-15)12-8-20-21(10-12)9-11-5-6-14(19)13(18)7-11/h5-8,10H,9H2,1-4H3. The number of nitrogens with zero attached hydrogens (tertiary/aromatic N) is 2. The first-order valence-corrected chi connectivity index (χ1v) is 7.88. The molecule has 23 heavy (non-hydrogen) atoms. The van der Waals surface area contributed by atoms with Crippen LogP contribution in [-0.2, 0) is 15.9 Å². The molecular weight excluding hydrogens is 317 g/mol. The molecule has 1 aromatic heterocycles. The molecule has 1 aromatic carbocycles. The Labute approximate surface area is 140 Å². The van der Waals surface area contributed by atoms with Crippen LogP contribution in [0.2, 0.25) is 5.02 Å². The fourth-order valence-corrected chi connectivity index (χ4v) is 2.60. The van der Waals surface area contributed by atoms with Crippen molar-refractivity contribution in [3.05, 3.63) is 47.0 Å². The predicted octanol–water partition coefficient (Wildman–Crippen LogP) is 3.02. The Hall–Kier alpha value is -1.37. The summed E-state index contributed by atoms with van der Waals surface area (Å²) in [5, 5.41) is 4.44. The molecule has 1 aliphatic heterocycles. The largest absolute Gasteiger partial charge is 0.498 e. The highest BCUT2D eigenvalue weighted by atomic mass is 35.5. The van der Waals surface area contributed by atoms with Gasteiger partial charge in [-0.15, -0.1) is 0 Å². The minimum Gasteiger partial charge on any atom is -0.399 e. The molecule has 4 nitrogen and oxygen atoms in total. The molecule has 1 aliphatic rings. The zero-order valence-electron chi connectivity index (χ0n) is 13.6. The number of hydrogen-bond donors (Lipinski definition) is 0. The van der Waals surface area contributed by atoms with Gasteiger partial charge in [0.15, 0.2) is 0 Å². The summed E-state index contributed by atoms with van der Waals surface area (Å²) in [6, 6.07) is 4.65. The molecule has 0 saturated carbocycles. The van der Waals surface area contributed by atoms with Gasteiger partial charge in [0.05, 0.1) is 22.8 Å². The molecule has 7 heteroatoms. The van der Waals surface area contributed by atoms with Crippen molar-refractivity contribution in [2.24, 2.45) is 0 Å². The SMILES string of the molecule is CC1(C)OB(c2cnn(Cc3ccc(F)c(Cl)c3)c2)OC1(C)C. The van der Waals surface area contributed by atoms with Crippen molar-refractivity contribution < 1.29 is 13.7 Å². The monoisotopic (exact) mass is 336 g/mol. The van der Waals surface area contributed by atoms with Crippen LogP contribution < -0.4 is 5.46 Å². The maximum Gasteiger partial charge on any atom is 0.498 e. The van der Waals surface area contributed by atoms with Gasteiger partial charge in [-0.25, -0.2) is 4.39 Å². The lowest BCUT2D eigenvalue weighted by molar-refractivity contribution is 0.00578. The fourth-order valence-electron chi connectivity index (χ4n) is 2.39. The molecule has 0 atom stereocenters. The van der Waals surface area contributed by atoms with Crippen molar-refractivity contribution in [2.45, 2.75) is 45.4 Å². The second-order valence-electron chi connectivity index (χ2n) is 6.81. The normalized spacial score (nSPS) is 19.3. The van der Waals surface area contributed by atoms with Crippen molar-refractivity contribution in [1.82, 2.24) is 9.78 Å². The molecule has 122 valence electrons. The van der Waals surface area contributed by atoms with Crippen LogP contribution in [0.5, 0.6) is 0 Å². The Balaban J connectivity index is 1.75. The third-order valence-electron chi connectivity index (χ3n) is 4.51. The van der Waals surface area contributed by atoms with Gasteiger partial charge < -0.3 is 9.31 Å². The van der Waals surface area contributed by atoms with E-state index in [4.69, 9.17) is 20.9 Å². The quantitative estimate of drug-likeness (QED) is 0.808. The number of benzene rings is 1. The Morgan fingerprint density at radius 3 is 2.48 bits per heavy atom. The van der Waals surface area contributed by atoms with Crippen LogP contribution in [0.15, 0.2) is 30.6 Å². The van der Waals surface area contributed by atoms with E-state index in [1.54, 1.807) is 23.0 Å². The van der Waals surface area contributed by atoms with E-state index in [1.807, 2.05) is 33.9 Å². The first kappa shape index (κ1) is 16.5. The molecule has 2 aromatic rings. The molecule has 0 unspecified atom stereocenters. The Morgan fingerprint density at radius 1 is 1.22 bits per heavy atom. The van der Waals surface area contributed by atoms with E-state index in [0.29, 0.717) is 6.54 Å². The van der Waals surface area contributed by atoms with Gasteiger partial charge in [-0.05, 0) is 45.4 Å². The minimum atomic E-state index is -0.439. The van der Waals surface area contributed by atoms with Crippen molar-refractivity contribution in [1.29, 1.82) is 0 Å². The molecular formula is C16H19BClFN2O2. The Bertz CT molecular complexity index is 717. The molecule has 0 N–H and O–H groups in total. The molecule has 1 fully saturated rings. The number of aromatic nitrogens is 2. The van der Waals surface area contributed by atoms with Crippen molar-refractivity contribution >= 4 is 24.2 Å². The average molecular weight is 337 g/mol. The van der Waals surface area contributed by atoms with Gasteiger partial charge in [0, 0.05) is 17.9 Å². The molecule has 2 heterocycles. The van der Waals surface area contributed by atoms with Crippen molar-refractivity contribution in [3.8, 4) is 0 Å². The molecule has 1 saturated heterocycles. The summed E-state index contributed by atoms with van der Waals surface area (Å²) in [5.74, 6) is -0.422. The maximum atomic E-state index is 13.2. The maximum absolute atomic E-state index is 13.2. The highest BCUT2D eigenvalue weighted by molar-refractivity contribution is 6.62. The van der Waals surface area contributed by atoms with Gasteiger partial charge >= 0.3 is 7.12 Å². The Morgan fingerprint density at radius 2 is 1.87 bits per heavy atom. The highest BCUT2D eigenvalue weighted by Crippen LogP contribution is 2.36. The van der Waals surface area contributed by atoms with E-state index in [2.05, 4.69) is 5.10 Å². The molecule has 0 amide bonds. The van der Waals surface area contributed by atoms with E-state index < -0.39 is 12.9 Å². The van der Waals surface area contributed by atoms with E-state index in [1.165, 1.54) is 6.07 Å². The first-order chi connectivity index (χ1) is 10.7. The summed E-state index contributed by atoms with van der Waals surface area (Å²) in [7, 11) is -0.439. The van der Waals surface area contributed by atoms with E-state index >= 15 is 0 Å². The van der Waals surface area contributed by atoms with E-state index in [-0.39, 0.29) is 16.2 Å². The average Bonchev–Trinajstić information content (AvgIpc) is 2.97. The summed E-state index contributed by atoms with van der Waals surface area (Å²) in [5.41, 5.74) is 0.964. The summed E-state index contributed by atoms with van der Waals surface area (Å²) in [6.07, 6.45) is 3.60. The van der Waals surface area contributed by atoms with Crippen LogP contribution in [0, 0.1) is 5.82 Å². The van der Waals surface area contributed by atoms with E-state index in [0.717, 1.165) is 11.0 Å². The highest BCUT2D eigenvalue weighted by Gasteiger charge is 2.52. The molecule has 0 spiro atoms. The van der Waals surface area contributed by atoms with Crippen LogP contribution in [0.4, 0.5) is 4.39 Å². The number of halogens is 2. The van der Waals surface area contributed by atoms with Gasteiger partial charge in [0.1, 0.15) is 5.82 Å². The minimum absolute atomic E-state index is 0.112. The summed E-state index contributed by atoms with van der Waals surface area (Å²) in [4.78, 5) is 0. The topological polar surface area (TPSA) is 36.3 Å². The van der Waals surface area contributed by atoms with Crippen molar-refractivity contribution in [2.75, 3.05) is 0 Å². The van der Waals surface area contributed by atoms with Gasteiger partial charge in [0.2, 0.25) is 0 Å². The first-order valence-electron chi connectivity index (χ1n) is 7.50. The second-order valence-corrected chi connectivity index (χ2v) is 7.22. The summed E-state index contributed by atoms with van der Waals surface area (Å²) >= 11 is 5.81. The van der Waals surface area contributed by atoms with Crippen LogP contribution >= 0.6 is 11.6 Å². The Kier molecular flexibility index (Phi) is 4.03. The van der Waals surface area contributed by atoms with Crippen LogP contribution in [0.1, 0.15) is 33.3 Å². The third-order valence-corrected chi connectivity index (χ3v) is 4.80. The molecule has 0 aliphatic carbocycles. The molecule has 0 bridgehead atoms. The third kappa shape index (κ3) is 3.16. The number of rotatable bonds is 3. The lowest BCUT2D eigenvalue weighted by atomic mass is 9.82. The zero-order chi connectivity index (χ0) is 16.8. The smallest absolute Gasteiger partial charge is 0.399 e. The van der Waals surface area contributed by atoms with Crippen molar-refractivity contribution in [3.63, 3.8) is 0 Å². The van der Waals surface area contributed by atoms with Crippen LogP contribution in [0.25, 0.3) is 0 Å². The predicted molar refractivity (Wildman–Crippen MR) is 88.5 cm³/mol. The number of hydrogen-bond acceptors (Lipinski definition) is 3. The van der Waals surface area contributed by atoms with E-state index in [9.17, 15) is 4.39 Å². The van der Waals surface area contributed by atoms with Gasteiger partial charge in [-0.1, -0.05) is 17.7 Å². The lowest BCUT2D eigenvalue weighted by Gasteiger charge is -2.32. The fraction of sp³-hybridized carbons (Fsp3) is 0.438. The van der Waals surface area contributed by atoms with Gasteiger partial charge in [-0.3, -0.25) is 4.68 Å². The zero-order valence-corrected chi connectivity index (χ0v) is 14.4. The van der Waals surface area contributed by atoms with Gasteiger partial charge in [0.25, 0.3) is 0 Å². The molecule has 3 rings (SSSR count). The second kappa shape index (κ2) is 5.62. The summed E-state index contributed by atoms with van der Waals surface area (Å²) < 4.78 is 27.0. The molecule has 0 radical (unpaired) electrons.